The van der Waals surface area contributed by atoms with E-state index in [-0.39, 0.29) is 16.9 Å². The molecule has 276 valence electrons. The molecule has 2 aliphatic rings. The van der Waals surface area contributed by atoms with Crippen molar-refractivity contribution in [3.05, 3.63) is 118 Å². The van der Waals surface area contributed by atoms with Crippen LogP contribution in [0.25, 0.3) is 0 Å². The highest BCUT2D eigenvalue weighted by Gasteiger charge is 2.50. The van der Waals surface area contributed by atoms with E-state index in [1.165, 1.54) is 24.3 Å². The van der Waals surface area contributed by atoms with Crippen molar-refractivity contribution in [2.75, 3.05) is 0 Å². The van der Waals surface area contributed by atoms with Gasteiger partial charge in [-0.3, -0.25) is 4.79 Å². The molecule has 0 fully saturated rings. The summed E-state index contributed by atoms with van der Waals surface area (Å²) >= 11 is 0. The van der Waals surface area contributed by atoms with Gasteiger partial charge in [-0.25, -0.2) is 0 Å². The minimum atomic E-state index is -5.87. The first-order valence-electron chi connectivity index (χ1n) is 15.3. The van der Waals surface area contributed by atoms with Crippen LogP contribution in [0, 0.1) is 0 Å². The molecule has 52 heavy (non-hydrogen) atoms. The van der Waals surface area contributed by atoms with Crippen LogP contribution in [0.15, 0.2) is 84.9 Å². The third-order valence-corrected chi connectivity index (χ3v) is 10.7. The molecule has 0 N–H and O–H groups in total. The lowest BCUT2D eigenvalue weighted by Crippen LogP contribution is -2.31. The first-order valence-corrected chi connectivity index (χ1v) is 18.1. The predicted molar refractivity (Wildman–Crippen MR) is 174 cm³/mol. The molecule has 17 heteroatoms. The zero-order valence-corrected chi connectivity index (χ0v) is 29.1. The smallest absolute Gasteiger partial charge is 0.487 e. The number of hydrogen-bond donors (Lipinski definition) is 0. The maximum absolute atomic E-state index is 14.0. The number of fused-ring (bicyclic) bond motifs is 2. The van der Waals surface area contributed by atoms with E-state index in [0.717, 1.165) is 24.3 Å². The molecule has 0 radical (unpaired) electrons. The Balaban J connectivity index is 1.29. The van der Waals surface area contributed by atoms with Crippen molar-refractivity contribution in [1.29, 1.82) is 0 Å². The minimum Gasteiger partial charge on any atom is -0.487 e. The van der Waals surface area contributed by atoms with Gasteiger partial charge in [0.1, 0.15) is 34.2 Å². The van der Waals surface area contributed by atoms with Crippen molar-refractivity contribution in [3.8, 4) is 23.0 Å². The van der Waals surface area contributed by atoms with Crippen molar-refractivity contribution in [1.82, 2.24) is 0 Å². The van der Waals surface area contributed by atoms with Gasteiger partial charge in [0.05, 0.1) is 11.8 Å². The van der Waals surface area contributed by atoms with Gasteiger partial charge in [-0.2, -0.15) is 43.2 Å². The van der Waals surface area contributed by atoms with Crippen molar-refractivity contribution < 1.29 is 65.8 Å². The van der Waals surface area contributed by atoms with Crippen LogP contribution in [-0.4, -0.2) is 44.8 Å². The van der Waals surface area contributed by atoms with Gasteiger partial charge >= 0.3 is 31.3 Å². The van der Waals surface area contributed by atoms with Gasteiger partial charge in [0.15, 0.2) is 5.78 Å². The largest absolute Gasteiger partial charge is 0.534 e. The van der Waals surface area contributed by atoms with Crippen molar-refractivity contribution in [3.63, 3.8) is 0 Å². The van der Waals surface area contributed by atoms with Crippen molar-refractivity contribution >= 4 is 26.0 Å². The second-order valence-corrected chi connectivity index (χ2v) is 16.3. The number of halogens is 6. The molecule has 0 saturated heterocycles. The molecule has 2 heterocycles. The van der Waals surface area contributed by atoms with E-state index in [4.69, 9.17) is 9.47 Å². The molecular formula is C35H28F6O9S2. The molecule has 0 saturated carbocycles. The summed E-state index contributed by atoms with van der Waals surface area (Å²) in [6, 6.07) is 19.7. The quantitative estimate of drug-likeness (QED) is 0.0760. The Morgan fingerprint density at radius 3 is 1.21 bits per heavy atom. The lowest BCUT2D eigenvalue weighted by atomic mass is 9.80. The van der Waals surface area contributed by atoms with E-state index >= 15 is 0 Å². The Bertz CT molecular complexity index is 2120. The number of alkyl halides is 6. The zero-order chi connectivity index (χ0) is 38.2. The zero-order valence-electron chi connectivity index (χ0n) is 27.5. The van der Waals surface area contributed by atoms with E-state index in [9.17, 15) is 48.0 Å². The van der Waals surface area contributed by atoms with E-state index in [1.54, 1.807) is 64.1 Å². The standard InChI is InChI=1S/C35H28F6O9S2/c1-32(2)29(19-5-11-23(12-6-19)49-51(43,44)34(36,37)38)25-17-21(9-15-27(25)47-32)31(42)22-10-16-28-26(18-22)30(33(3,4)48-28)20-7-13-24(14-8-20)50-52(45,46)35(39,40)41/h5-18,29-30H,1-4H3. The third-order valence-electron chi connectivity index (χ3n) is 8.71. The van der Waals surface area contributed by atoms with Crippen LogP contribution in [0.4, 0.5) is 26.3 Å². The number of carbonyl (C=O) groups is 1. The molecule has 2 aliphatic heterocycles. The van der Waals surface area contributed by atoms with Gasteiger partial charge in [0.25, 0.3) is 0 Å². The van der Waals surface area contributed by atoms with Crippen LogP contribution >= 0.6 is 0 Å². The van der Waals surface area contributed by atoms with Gasteiger partial charge in [-0.05, 0) is 99.5 Å². The summed E-state index contributed by atoms with van der Waals surface area (Å²) in [5.41, 5.74) is -10.1. The molecule has 0 bridgehead atoms. The summed E-state index contributed by atoms with van der Waals surface area (Å²) in [6.07, 6.45) is 0. The minimum absolute atomic E-state index is 0.281. The Hall–Kier alpha value is -4.77. The summed E-state index contributed by atoms with van der Waals surface area (Å²) in [4.78, 5) is 14.0. The first-order chi connectivity index (χ1) is 23.9. The van der Waals surface area contributed by atoms with Gasteiger partial charge in [-0.1, -0.05) is 24.3 Å². The van der Waals surface area contributed by atoms with Crippen LogP contribution in [0.2, 0.25) is 0 Å². The van der Waals surface area contributed by atoms with Crippen LogP contribution in [0.3, 0.4) is 0 Å². The number of ketones is 1. The highest BCUT2D eigenvalue weighted by atomic mass is 32.2. The molecule has 2 unspecified atom stereocenters. The molecule has 9 nitrogen and oxygen atoms in total. The normalized spacial score (nSPS) is 19.2. The summed E-state index contributed by atoms with van der Waals surface area (Å²) in [7, 11) is -11.7. The Kier molecular flexibility index (Phi) is 8.65. The maximum Gasteiger partial charge on any atom is 0.534 e. The van der Waals surface area contributed by atoms with Crippen LogP contribution in [0.5, 0.6) is 23.0 Å². The number of carbonyl (C=O) groups excluding carboxylic acids is 1. The summed E-state index contributed by atoms with van der Waals surface area (Å²) in [5.74, 6) is -1.58. The monoisotopic (exact) mass is 770 g/mol. The van der Waals surface area contributed by atoms with E-state index in [1.807, 2.05) is 0 Å². The lowest BCUT2D eigenvalue weighted by Gasteiger charge is -2.27. The molecule has 0 aromatic heterocycles. The third kappa shape index (κ3) is 6.66. The topological polar surface area (TPSA) is 122 Å². The average molecular weight is 771 g/mol. The number of hydrogen-bond acceptors (Lipinski definition) is 9. The molecular weight excluding hydrogens is 742 g/mol. The van der Waals surface area contributed by atoms with E-state index in [0.29, 0.717) is 33.8 Å². The fourth-order valence-electron chi connectivity index (χ4n) is 6.56. The highest BCUT2D eigenvalue weighted by molar-refractivity contribution is 7.88. The van der Waals surface area contributed by atoms with Crippen molar-refractivity contribution in [2.24, 2.45) is 0 Å². The van der Waals surface area contributed by atoms with Crippen LogP contribution in [0.1, 0.15) is 77.7 Å². The summed E-state index contributed by atoms with van der Waals surface area (Å²) < 4.78 is 143. The Labute approximate surface area is 294 Å². The SMILES string of the molecule is CC1(C)Oc2ccc(C(=O)c3ccc4c(c3)C(c3ccc(OS(=O)(=O)C(F)(F)F)cc3)C(C)(C)O4)cc2C1c1ccc(OS(=O)(=O)C(F)(F)F)cc1. The fraction of sp³-hybridized carbons (Fsp3) is 0.286. The molecule has 0 aliphatic carbocycles. The molecule has 0 amide bonds. The maximum atomic E-state index is 14.0. The van der Waals surface area contributed by atoms with Gasteiger partial charge in [0, 0.05) is 22.3 Å². The second-order valence-electron chi connectivity index (χ2n) is 13.2. The number of rotatable bonds is 8. The van der Waals surface area contributed by atoms with Gasteiger partial charge in [-0.15, -0.1) is 0 Å². The van der Waals surface area contributed by atoms with Crippen molar-refractivity contribution in [2.45, 2.75) is 61.7 Å². The van der Waals surface area contributed by atoms with Gasteiger partial charge in [0.2, 0.25) is 0 Å². The predicted octanol–water partition coefficient (Wildman–Crippen LogP) is 7.98. The molecule has 0 spiro atoms. The lowest BCUT2D eigenvalue weighted by molar-refractivity contribution is -0.0504. The molecule has 4 aromatic carbocycles. The Morgan fingerprint density at radius 2 is 0.904 bits per heavy atom. The first kappa shape index (κ1) is 37.0. The molecule has 6 rings (SSSR count). The number of benzene rings is 4. The second kappa shape index (κ2) is 12.1. The summed E-state index contributed by atoms with van der Waals surface area (Å²) in [5, 5.41) is 0. The van der Waals surface area contributed by atoms with E-state index < -0.39 is 65.8 Å². The Morgan fingerprint density at radius 1 is 0.577 bits per heavy atom. The van der Waals surface area contributed by atoms with Gasteiger partial charge < -0.3 is 17.8 Å². The number of ether oxygens (including phenoxy) is 2. The molecule has 2 atom stereocenters. The summed E-state index contributed by atoms with van der Waals surface area (Å²) in [6.45, 7) is 7.14. The highest BCUT2D eigenvalue weighted by Crippen LogP contribution is 2.50. The van der Waals surface area contributed by atoms with E-state index in [2.05, 4.69) is 8.37 Å². The van der Waals surface area contributed by atoms with Crippen LogP contribution < -0.4 is 17.8 Å². The van der Waals surface area contributed by atoms with Crippen LogP contribution in [-0.2, 0) is 20.2 Å². The molecule has 4 aromatic rings. The fourth-order valence-corrected chi connectivity index (χ4v) is 7.48. The average Bonchev–Trinajstić information content (AvgIpc) is 3.46.